The molecule has 0 radical (unpaired) electrons. The molecule has 0 aliphatic carbocycles. The first-order chi connectivity index (χ1) is 9.02. The minimum atomic E-state index is 0.526. The van der Waals surface area contributed by atoms with Gasteiger partial charge in [0, 0.05) is 6.04 Å². The lowest BCUT2D eigenvalue weighted by molar-refractivity contribution is 0.477. The van der Waals surface area contributed by atoms with Gasteiger partial charge in [0.2, 0.25) is 0 Å². The molecule has 1 unspecified atom stereocenters. The number of unbranched alkanes of at least 4 members (excludes halogenated alkanes) is 1. The van der Waals surface area contributed by atoms with Crippen LogP contribution in [0.1, 0.15) is 73.4 Å². The van der Waals surface area contributed by atoms with Gasteiger partial charge in [-0.05, 0) is 74.9 Å². The van der Waals surface area contributed by atoms with Crippen LogP contribution in [0, 0.1) is 27.7 Å². The summed E-state index contributed by atoms with van der Waals surface area (Å²) in [6.07, 6.45) is 5.02. The van der Waals surface area contributed by atoms with Crippen LogP contribution in [-0.4, -0.2) is 6.54 Å². The molecule has 0 aliphatic heterocycles. The van der Waals surface area contributed by atoms with Crippen molar-refractivity contribution in [3.8, 4) is 0 Å². The Hall–Kier alpha value is -0.820. The number of hydrogen-bond acceptors (Lipinski definition) is 1. The molecule has 0 saturated carbocycles. The minimum absolute atomic E-state index is 0.526. The molecule has 1 atom stereocenters. The summed E-state index contributed by atoms with van der Waals surface area (Å²) in [7, 11) is 0. The van der Waals surface area contributed by atoms with E-state index in [9.17, 15) is 0 Å². The summed E-state index contributed by atoms with van der Waals surface area (Å²) < 4.78 is 0. The standard InChI is InChI=1S/C18H31N/c1-7-9-10-17(19-11-8-2)18-15(5)13(3)12-14(4)16(18)6/h12,17,19H,7-11H2,1-6H3. The average Bonchev–Trinajstić information content (AvgIpc) is 2.39. The van der Waals surface area contributed by atoms with E-state index < -0.39 is 0 Å². The van der Waals surface area contributed by atoms with Gasteiger partial charge in [-0.1, -0.05) is 32.8 Å². The van der Waals surface area contributed by atoms with Crippen molar-refractivity contribution in [3.05, 3.63) is 33.9 Å². The Morgan fingerprint density at radius 2 is 1.53 bits per heavy atom. The van der Waals surface area contributed by atoms with Crippen LogP contribution in [0.3, 0.4) is 0 Å². The maximum absolute atomic E-state index is 3.76. The van der Waals surface area contributed by atoms with Crippen molar-refractivity contribution in [1.82, 2.24) is 5.32 Å². The van der Waals surface area contributed by atoms with Crippen molar-refractivity contribution < 1.29 is 0 Å². The molecule has 1 nitrogen and oxygen atoms in total. The SMILES string of the molecule is CCCCC(NCCC)c1c(C)c(C)cc(C)c1C. The average molecular weight is 261 g/mol. The topological polar surface area (TPSA) is 12.0 Å². The Labute approximate surface area is 119 Å². The maximum atomic E-state index is 3.76. The van der Waals surface area contributed by atoms with E-state index in [-0.39, 0.29) is 0 Å². The zero-order chi connectivity index (χ0) is 14.4. The molecule has 1 N–H and O–H groups in total. The molecule has 0 aromatic heterocycles. The Bertz CT molecular complexity index is 372. The Balaban J connectivity index is 3.12. The Morgan fingerprint density at radius 1 is 0.947 bits per heavy atom. The van der Waals surface area contributed by atoms with Gasteiger partial charge in [-0.2, -0.15) is 0 Å². The van der Waals surface area contributed by atoms with Gasteiger partial charge < -0.3 is 5.32 Å². The summed E-state index contributed by atoms with van der Waals surface area (Å²) in [6.45, 7) is 14.7. The molecule has 0 bridgehead atoms. The lowest BCUT2D eigenvalue weighted by Gasteiger charge is -2.25. The van der Waals surface area contributed by atoms with Gasteiger partial charge in [-0.3, -0.25) is 0 Å². The van der Waals surface area contributed by atoms with Crippen LogP contribution in [0.5, 0.6) is 0 Å². The smallest absolute Gasteiger partial charge is 0.0325 e. The van der Waals surface area contributed by atoms with Crippen LogP contribution in [0.4, 0.5) is 0 Å². The number of aryl methyl sites for hydroxylation is 2. The van der Waals surface area contributed by atoms with Crippen molar-refractivity contribution in [2.45, 2.75) is 73.3 Å². The van der Waals surface area contributed by atoms with Crippen molar-refractivity contribution in [1.29, 1.82) is 0 Å². The minimum Gasteiger partial charge on any atom is -0.310 e. The molecular formula is C18H31N. The van der Waals surface area contributed by atoms with E-state index in [1.165, 1.54) is 47.9 Å². The summed E-state index contributed by atoms with van der Waals surface area (Å²) >= 11 is 0. The van der Waals surface area contributed by atoms with E-state index in [0.29, 0.717) is 6.04 Å². The van der Waals surface area contributed by atoms with Gasteiger partial charge >= 0.3 is 0 Å². The van der Waals surface area contributed by atoms with Crippen LogP contribution < -0.4 is 5.32 Å². The molecule has 0 aliphatic rings. The van der Waals surface area contributed by atoms with Gasteiger partial charge in [-0.25, -0.2) is 0 Å². The molecule has 0 spiro atoms. The van der Waals surface area contributed by atoms with Gasteiger partial charge in [0.15, 0.2) is 0 Å². The third kappa shape index (κ3) is 4.07. The summed E-state index contributed by atoms with van der Waals surface area (Å²) in [4.78, 5) is 0. The molecule has 1 heteroatoms. The second kappa shape index (κ2) is 7.69. The van der Waals surface area contributed by atoms with Crippen LogP contribution in [-0.2, 0) is 0 Å². The second-order valence-corrected chi connectivity index (χ2v) is 5.82. The monoisotopic (exact) mass is 261 g/mol. The molecule has 19 heavy (non-hydrogen) atoms. The zero-order valence-electron chi connectivity index (χ0n) is 13.7. The molecule has 0 saturated heterocycles. The predicted molar refractivity (Wildman–Crippen MR) is 85.9 cm³/mol. The fourth-order valence-electron chi connectivity index (χ4n) is 2.85. The highest BCUT2D eigenvalue weighted by Crippen LogP contribution is 2.30. The van der Waals surface area contributed by atoms with Crippen LogP contribution in [0.15, 0.2) is 6.07 Å². The highest BCUT2D eigenvalue weighted by atomic mass is 14.9. The van der Waals surface area contributed by atoms with E-state index >= 15 is 0 Å². The van der Waals surface area contributed by atoms with E-state index in [1.54, 1.807) is 5.56 Å². The molecule has 1 aromatic rings. The summed E-state index contributed by atoms with van der Waals surface area (Å²) in [5, 5.41) is 3.76. The largest absolute Gasteiger partial charge is 0.310 e. The van der Waals surface area contributed by atoms with Crippen LogP contribution >= 0.6 is 0 Å². The maximum Gasteiger partial charge on any atom is 0.0325 e. The third-order valence-corrected chi connectivity index (χ3v) is 4.26. The Morgan fingerprint density at radius 3 is 2.00 bits per heavy atom. The number of nitrogens with one attached hydrogen (secondary N) is 1. The Kier molecular flexibility index (Phi) is 6.57. The van der Waals surface area contributed by atoms with Gasteiger partial charge in [-0.15, -0.1) is 0 Å². The third-order valence-electron chi connectivity index (χ3n) is 4.26. The second-order valence-electron chi connectivity index (χ2n) is 5.82. The van der Waals surface area contributed by atoms with Gasteiger partial charge in [0.1, 0.15) is 0 Å². The van der Waals surface area contributed by atoms with Gasteiger partial charge in [0.05, 0.1) is 0 Å². The predicted octanol–water partition coefficient (Wildman–Crippen LogP) is 5.15. The van der Waals surface area contributed by atoms with Crippen molar-refractivity contribution >= 4 is 0 Å². The first-order valence-electron chi connectivity index (χ1n) is 7.83. The van der Waals surface area contributed by atoms with Crippen LogP contribution in [0.25, 0.3) is 0 Å². The molecule has 108 valence electrons. The molecule has 0 heterocycles. The first kappa shape index (κ1) is 16.2. The molecule has 0 amide bonds. The highest BCUT2D eigenvalue weighted by molar-refractivity contribution is 5.45. The zero-order valence-corrected chi connectivity index (χ0v) is 13.7. The van der Waals surface area contributed by atoms with E-state index in [4.69, 9.17) is 0 Å². The van der Waals surface area contributed by atoms with Crippen molar-refractivity contribution in [3.63, 3.8) is 0 Å². The molecule has 0 fully saturated rings. The fraction of sp³-hybridized carbons (Fsp3) is 0.667. The first-order valence-corrected chi connectivity index (χ1v) is 7.83. The normalized spacial score (nSPS) is 12.7. The van der Waals surface area contributed by atoms with E-state index in [2.05, 4.69) is 52.9 Å². The van der Waals surface area contributed by atoms with Gasteiger partial charge in [0.25, 0.3) is 0 Å². The molecule has 1 aromatic carbocycles. The number of rotatable bonds is 7. The lowest BCUT2D eigenvalue weighted by atomic mass is 9.87. The fourth-order valence-corrected chi connectivity index (χ4v) is 2.85. The lowest BCUT2D eigenvalue weighted by Crippen LogP contribution is -2.24. The van der Waals surface area contributed by atoms with Crippen molar-refractivity contribution in [2.75, 3.05) is 6.54 Å². The molecule has 1 rings (SSSR count). The summed E-state index contributed by atoms with van der Waals surface area (Å²) in [6, 6.07) is 2.85. The summed E-state index contributed by atoms with van der Waals surface area (Å²) in [5.74, 6) is 0. The van der Waals surface area contributed by atoms with Crippen molar-refractivity contribution in [2.24, 2.45) is 0 Å². The molecular weight excluding hydrogens is 230 g/mol. The quantitative estimate of drug-likeness (QED) is 0.715. The van der Waals surface area contributed by atoms with E-state index in [1.807, 2.05) is 0 Å². The highest BCUT2D eigenvalue weighted by Gasteiger charge is 2.17. The summed E-state index contributed by atoms with van der Waals surface area (Å²) in [5.41, 5.74) is 7.37. The number of benzene rings is 1. The number of hydrogen-bond donors (Lipinski definition) is 1. The van der Waals surface area contributed by atoms with Crippen LogP contribution in [0.2, 0.25) is 0 Å². The van der Waals surface area contributed by atoms with E-state index in [0.717, 1.165) is 6.54 Å².